The molecule has 9 heteroatoms. The smallest absolute Gasteiger partial charge is 0.267 e. The van der Waals surface area contributed by atoms with E-state index in [1.54, 1.807) is 29.6 Å². The minimum Gasteiger partial charge on any atom is -0.296 e. The zero-order valence-corrected chi connectivity index (χ0v) is 15.0. The van der Waals surface area contributed by atoms with Crippen molar-refractivity contribution in [2.45, 2.75) is 17.0 Å². The Morgan fingerprint density at radius 1 is 1.17 bits per heavy atom. The fourth-order valence-corrected chi connectivity index (χ4v) is 4.85. The second-order valence-corrected chi connectivity index (χ2v) is 9.14. The van der Waals surface area contributed by atoms with E-state index >= 15 is 0 Å². The molecule has 0 bridgehead atoms. The lowest BCUT2D eigenvalue weighted by molar-refractivity contribution is 0.103. The number of hydrogen-bond acceptors (Lipinski definition) is 7. The van der Waals surface area contributed by atoms with Crippen molar-refractivity contribution in [3.05, 3.63) is 57.8 Å². The molecule has 0 aliphatic carbocycles. The van der Waals surface area contributed by atoms with Crippen LogP contribution in [0.15, 0.2) is 46.1 Å². The van der Waals surface area contributed by atoms with Crippen molar-refractivity contribution in [2.24, 2.45) is 0 Å². The van der Waals surface area contributed by atoms with Crippen LogP contribution in [0.5, 0.6) is 0 Å². The zero-order chi connectivity index (χ0) is 17.2. The van der Waals surface area contributed by atoms with Gasteiger partial charge in [0.05, 0.1) is 10.6 Å². The molecule has 0 saturated carbocycles. The Morgan fingerprint density at radius 2 is 1.92 bits per heavy atom. The van der Waals surface area contributed by atoms with Gasteiger partial charge in [-0.1, -0.05) is 47.2 Å². The van der Waals surface area contributed by atoms with Crippen molar-refractivity contribution in [1.82, 2.24) is 10.2 Å². The molecule has 2 heterocycles. The van der Waals surface area contributed by atoms with Crippen LogP contribution in [0, 0.1) is 6.92 Å². The summed E-state index contributed by atoms with van der Waals surface area (Å²) >= 11 is 2.14. The molecule has 3 aromatic rings. The van der Waals surface area contributed by atoms with Crippen LogP contribution in [0.4, 0.5) is 5.13 Å². The minimum atomic E-state index is -3.60. The summed E-state index contributed by atoms with van der Waals surface area (Å²) in [4.78, 5) is 12.5. The lowest BCUT2D eigenvalue weighted by Crippen LogP contribution is -2.09. The van der Waals surface area contributed by atoms with Crippen molar-refractivity contribution < 1.29 is 13.2 Å². The number of carbonyl (C=O) groups excluding carboxylic acids is 1. The number of sulfone groups is 1. The molecule has 0 saturated heterocycles. The number of thiophene rings is 1. The fourth-order valence-electron chi connectivity index (χ4n) is 1.92. The molecule has 0 atom stereocenters. The third-order valence-electron chi connectivity index (χ3n) is 3.12. The first-order chi connectivity index (χ1) is 11.4. The van der Waals surface area contributed by atoms with E-state index in [1.165, 1.54) is 11.3 Å². The zero-order valence-electron chi connectivity index (χ0n) is 12.6. The Balaban J connectivity index is 1.74. The van der Waals surface area contributed by atoms with Gasteiger partial charge in [0.25, 0.3) is 5.91 Å². The number of hydrogen-bond donors (Lipinski definition) is 1. The Kier molecular flexibility index (Phi) is 4.74. The molecule has 24 heavy (non-hydrogen) atoms. The first-order valence-corrected chi connectivity index (χ1v) is 10.3. The minimum absolute atomic E-state index is 0.107. The van der Waals surface area contributed by atoms with E-state index in [4.69, 9.17) is 0 Å². The summed E-state index contributed by atoms with van der Waals surface area (Å²) in [5.74, 6) is -0.482. The number of nitrogens with one attached hydrogen (secondary N) is 1. The number of amides is 1. The van der Waals surface area contributed by atoms with Crippen molar-refractivity contribution in [2.75, 3.05) is 5.32 Å². The van der Waals surface area contributed by atoms with Gasteiger partial charge < -0.3 is 0 Å². The lowest BCUT2D eigenvalue weighted by atomic mass is 10.2. The average Bonchev–Trinajstić information content (AvgIpc) is 3.20. The van der Waals surface area contributed by atoms with Crippen LogP contribution < -0.4 is 5.32 Å². The molecule has 2 aromatic heterocycles. The van der Waals surface area contributed by atoms with E-state index in [-0.39, 0.29) is 21.1 Å². The number of nitrogens with zero attached hydrogens (tertiary/aromatic N) is 2. The SMILES string of the molecule is Cc1ccc(CS(=O)(=O)c2nnc(NC(=O)c3cccs3)s2)cc1. The molecule has 0 unspecified atom stereocenters. The number of benzene rings is 1. The maximum Gasteiger partial charge on any atom is 0.267 e. The molecule has 1 amide bonds. The van der Waals surface area contributed by atoms with Crippen LogP contribution in [0.25, 0.3) is 0 Å². The maximum absolute atomic E-state index is 12.4. The summed E-state index contributed by atoms with van der Waals surface area (Å²) in [6, 6.07) is 10.7. The number of carbonyl (C=O) groups is 1. The van der Waals surface area contributed by atoms with Crippen molar-refractivity contribution >= 4 is 43.5 Å². The Hall–Kier alpha value is -2.10. The predicted octanol–water partition coefficient (Wildman–Crippen LogP) is 3.13. The fraction of sp³-hybridized carbons (Fsp3) is 0.133. The topological polar surface area (TPSA) is 89.0 Å². The molecule has 1 N–H and O–H groups in total. The van der Waals surface area contributed by atoms with Gasteiger partial charge >= 0.3 is 0 Å². The number of aromatic nitrogens is 2. The highest BCUT2D eigenvalue weighted by Gasteiger charge is 2.22. The molecule has 0 radical (unpaired) electrons. The first-order valence-electron chi connectivity index (χ1n) is 6.91. The van der Waals surface area contributed by atoms with E-state index in [9.17, 15) is 13.2 Å². The van der Waals surface area contributed by atoms with Crippen LogP contribution in [0.1, 0.15) is 20.8 Å². The largest absolute Gasteiger partial charge is 0.296 e. The highest BCUT2D eigenvalue weighted by Crippen LogP contribution is 2.24. The van der Waals surface area contributed by atoms with Crippen LogP contribution in [0.2, 0.25) is 0 Å². The normalized spacial score (nSPS) is 11.4. The average molecular weight is 379 g/mol. The van der Waals surface area contributed by atoms with Crippen LogP contribution in [0.3, 0.4) is 0 Å². The van der Waals surface area contributed by atoms with Crippen molar-refractivity contribution in [3.63, 3.8) is 0 Å². The van der Waals surface area contributed by atoms with E-state index in [2.05, 4.69) is 15.5 Å². The van der Waals surface area contributed by atoms with Crippen LogP contribution in [-0.4, -0.2) is 24.5 Å². The Morgan fingerprint density at radius 3 is 2.58 bits per heavy atom. The molecule has 0 spiro atoms. The molecular formula is C15H13N3O3S3. The molecule has 1 aromatic carbocycles. The molecule has 6 nitrogen and oxygen atoms in total. The van der Waals surface area contributed by atoms with Crippen LogP contribution in [-0.2, 0) is 15.6 Å². The summed E-state index contributed by atoms with van der Waals surface area (Å²) < 4.78 is 24.7. The number of aryl methyl sites for hydroxylation is 1. The quantitative estimate of drug-likeness (QED) is 0.688. The van der Waals surface area contributed by atoms with E-state index in [0.717, 1.165) is 16.9 Å². The summed E-state index contributed by atoms with van der Waals surface area (Å²) in [5.41, 5.74) is 1.74. The standard InChI is InChI=1S/C15H13N3O3S3/c1-10-4-6-11(7-5-10)9-24(20,21)15-18-17-14(23-15)16-13(19)12-3-2-8-22-12/h2-8H,9H2,1H3,(H,16,17,19). The summed E-state index contributed by atoms with van der Waals surface area (Å²) in [6.45, 7) is 1.94. The van der Waals surface area contributed by atoms with E-state index < -0.39 is 9.84 Å². The van der Waals surface area contributed by atoms with Gasteiger partial charge in [-0.3, -0.25) is 10.1 Å². The van der Waals surface area contributed by atoms with Crippen LogP contribution >= 0.6 is 22.7 Å². The Bertz CT molecular complexity index is 946. The third kappa shape index (κ3) is 3.86. The first kappa shape index (κ1) is 16.7. The van der Waals surface area contributed by atoms with E-state index in [0.29, 0.717) is 10.4 Å². The van der Waals surface area contributed by atoms with E-state index in [1.807, 2.05) is 19.1 Å². The molecular weight excluding hydrogens is 366 g/mol. The van der Waals surface area contributed by atoms with Gasteiger partial charge in [-0.2, -0.15) is 0 Å². The Labute approximate surface area is 147 Å². The summed E-state index contributed by atoms with van der Waals surface area (Å²) in [6.07, 6.45) is 0. The van der Waals surface area contributed by atoms with Gasteiger partial charge in [0.2, 0.25) is 19.3 Å². The van der Waals surface area contributed by atoms with Gasteiger partial charge in [0.1, 0.15) is 0 Å². The molecule has 0 aliphatic heterocycles. The highest BCUT2D eigenvalue weighted by atomic mass is 32.2. The van der Waals surface area contributed by atoms with Gasteiger partial charge in [0, 0.05) is 0 Å². The summed E-state index contributed by atoms with van der Waals surface area (Å²) in [7, 11) is -3.60. The third-order valence-corrected chi connectivity index (χ3v) is 6.96. The molecule has 124 valence electrons. The van der Waals surface area contributed by atoms with Gasteiger partial charge in [-0.05, 0) is 23.9 Å². The molecule has 3 rings (SSSR count). The highest BCUT2D eigenvalue weighted by molar-refractivity contribution is 7.92. The van der Waals surface area contributed by atoms with Gasteiger partial charge in [0.15, 0.2) is 0 Å². The maximum atomic E-state index is 12.4. The second kappa shape index (κ2) is 6.80. The number of anilines is 1. The van der Waals surface area contributed by atoms with Crippen molar-refractivity contribution in [1.29, 1.82) is 0 Å². The van der Waals surface area contributed by atoms with Gasteiger partial charge in [-0.25, -0.2) is 8.42 Å². The number of rotatable bonds is 5. The lowest BCUT2D eigenvalue weighted by Gasteiger charge is -2.01. The molecule has 0 fully saturated rings. The van der Waals surface area contributed by atoms with Gasteiger partial charge in [-0.15, -0.1) is 21.5 Å². The molecule has 0 aliphatic rings. The predicted molar refractivity (Wildman–Crippen MR) is 94.3 cm³/mol. The van der Waals surface area contributed by atoms with Crippen molar-refractivity contribution in [3.8, 4) is 0 Å². The summed E-state index contributed by atoms with van der Waals surface area (Å²) in [5, 5.41) is 12.0. The second-order valence-electron chi connectivity index (χ2n) is 5.05. The monoisotopic (exact) mass is 379 g/mol.